The van der Waals surface area contributed by atoms with Gasteiger partial charge in [0.1, 0.15) is 6.29 Å². The van der Waals surface area contributed by atoms with E-state index in [2.05, 4.69) is 0 Å². The fourth-order valence-corrected chi connectivity index (χ4v) is 2.41. The van der Waals surface area contributed by atoms with Gasteiger partial charge in [-0.25, -0.2) is 0 Å². The van der Waals surface area contributed by atoms with E-state index in [0.29, 0.717) is 17.1 Å². The van der Waals surface area contributed by atoms with Crippen LogP contribution in [0.4, 0.5) is 0 Å². The van der Waals surface area contributed by atoms with Gasteiger partial charge in [-0.1, -0.05) is 6.07 Å². The molecule has 1 heterocycles. The first-order valence-electron chi connectivity index (χ1n) is 5.05. The van der Waals surface area contributed by atoms with Crippen molar-refractivity contribution in [2.75, 3.05) is 14.2 Å². The largest absolute Gasteiger partial charge is 0.493 e. The number of methoxy groups -OCH3 is 2. The quantitative estimate of drug-likeness (QED) is 0.779. The highest BCUT2D eigenvalue weighted by Gasteiger charge is 2.14. The van der Waals surface area contributed by atoms with Crippen molar-refractivity contribution in [3.05, 3.63) is 35.2 Å². The molecule has 0 bridgehead atoms. The van der Waals surface area contributed by atoms with Crippen LogP contribution in [0, 0.1) is 0 Å². The van der Waals surface area contributed by atoms with Crippen molar-refractivity contribution in [3.63, 3.8) is 0 Å². The normalized spacial score (nSPS) is 10.0. The SMILES string of the molecule is COc1cc(C=O)cc(-c2cccs2)c1OC. The minimum atomic E-state index is 0.570. The Morgan fingerprint density at radius 1 is 1.24 bits per heavy atom. The molecule has 0 N–H and O–H groups in total. The number of rotatable bonds is 4. The van der Waals surface area contributed by atoms with Gasteiger partial charge in [0.15, 0.2) is 11.5 Å². The van der Waals surface area contributed by atoms with Crippen LogP contribution < -0.4 is 9.47 Å². The molecule has 0 unspecified atom stereocenters. The van der Waals surface area contributed by atoms with Crippen LogP contribution in [-0.2, 0) is 0 Å². The molecule has 2 rings (SSSR count). The summed E-state index contributed by atoms with van der Waals surface area (Å²) in [4.78, 5) is 11.9. The first-order chi connectivity index (χ1) is 8.30. The Morgan fingerprint density at radius 3 is 2.59 bits per heavy atom. The Bertz CT molecular complexity index is 518. The molecule has 0 atom stereocenters. The number of carbonyl (C=O) groups is 1. The number of hydrogen-bond acceptors (Lipinski definition) is 4. The summed E-state index contributed by atoms with van der Waals surface area (Å²) in [6.45, 7) is 0. The van der Waals surface area contributed by atoms with Gasteiger partial charge in [0.05, 0.1) is 14.2 Å². The molecular weight excluding hydrogens is 236 g/mol. The summed E-state index contributed by atoms with van der Waals surface area (Å²) < 4.78 is 10.6. The number of ether oxygens (including phenoxy) is 2. The van der Waals surface area contributed by atoms with Gasteiger partial charge in [0.25, 0.3) is 0 Å². The Balaban J connectivity index is 2.66. The highest BCUT2D eigenvalue weighted by molar-refractivity contribution is 7.13. The molecule has 0 spiro atoms. The number of aldehydes is 1. The highest BCUT2D eigenvalue weighted by atomic mass is 32.1. The van der Waals surface area contributed by atoms with Crippen molar-refractivity contribution in [2.24, 2.45) is 0 Å². The predicted octanol–water partition coefficient (Wildman–Crippen LogP) is 3.24. The smallest absolute Gasteiger partial charge is 0.169 e. The maximum Gasteiger partial charge on any atom is 0.169 e. The first-order valence-corrected chi connectivity index (χ1v) is 5.93. The van der Waals surface area contributed by atoms with Gasteiger partial charge in [0.2, 0.25) is 0 Å². The molecule has 0 saturated heterocycles. The van der Waals surface area contributed by atoms with Gasteiger partial charge in [-0.15, -0.1) is 11.3 Å². The minimum absolute atomic E-state index is 0.570. The van der Waals surface area contributed by atoms with Crippen molar-refractivity contribution in [3.8, 4) is 21.9 Å². The number of carbonyl (C=O) groups excluding carboxylic acids is 1. The average molecular weight is 248 g/mol. The van der Waals surface area contributed by atoms with Gasteiger partial charge in [0, 0.05) is 16.0 Å². The van der Waals surface area contributed by atoms with E-state index in [4.69, 9.17) is 9.47 Å². The molecule has 0 saturated carbocycles. The topological polar surface area (TPSA) is 35.5 Å². The number of thiophene rings is 1. The third-order valence-electron chi connectivity index (χ3n) is 2.42. The molecule has 1 aromatic heterocycles. The summed E-state index contributed by atoms with van der Waals surface area (Å²) in [5, 5.41) is 1.98. The van der Waals surface area contributed by atoms with Crippen molar-refractivity contribution in [1.82, 2.24) is 0 Å². The van der Waals surface area contributed by atoms with Crippen molar-refractivity contribution in [2.45, 2.75) is 0 Å². The summed E-state index contributed by atoms with van der Waals surface area (Å²) in [5.41, 5.74) is 1.45. The Hall–Kier alpha value is -1.81. The molecule has 1 aromatic carbocycles. The van der Waals surface area contributed by atoms with Crippen LogP contribution in [0.25, 0.3) is 10.4 Å². The number of benzene rings is 1. The summed E-state index contributed by atoms with van der Waals surface area (Å²) >= 11 is 1.59. The fraction of sp³-hybridized carbons (Fsp3) is 0.154. The average Bonchev–Trinajstić information content (AvgIpc) is 2.90. The maximum absolute atomic E-state index is 10.9. The molecule has 0 fully saturated rings. The van der Waals surface area contributed by atoms with Gasteiger partial charge in [-0.2, -0.15) is 0 Å². The van der Waals surface area contributed by atoms with Crippen LogP contribution in [0.15, 0.2) is 29.6 Å². The van der Waals surface area contributed by atoms with Crippen molar-refractivity contribution >= 4 is 17.6 Å². The second-order valence-corrected chi connectivity index (χ2v) is 4.35. The second-order valence-electron chi connectivity index (χ2n) is 3.40. The summed E-state index contributed by atoms with van der Waals surface area (Å²) in [6.07, 6.45) is 0.805. The maximum atomic E-state index is 10.9. The van der Waals surface area contributed by atoms with Crippen LogP contribution in [0.2, 0.25) is 0 Å². The van der Waals surface area contributed by atoms with E-state index in [1.807, 2.05) is 17.5 Å². The molecular formula is C13H12O3S. The molecule has 3 nitrogen and oxygen atoms in total. The lowest BCUT2D eigenvalue weighted by Crippen LogP contribution is -1.95. The van der Waals surface area contributed by atoms with Crippen LogP contribution in [-0.4, -0.2) is 20.5 Å². The van der Waals surface area contributed by atoms with E-state index >= 15 is 0 Å². The zero-order valence-electron chi connectivity index (χ0n) is 9.60. The van der Waals surface area contributed by atoms with Crippen LogP contribution in [0.3, 0.4) is 0 Å². The molecule has 2 aromatic rings. The standard InChI is InChI=1S/C13H12O3S/c1-15-11-7-9(8-14)6-10(13(11)16-2)12-4-3-5-17-12/h3-8H,1-2H3. The highest BCUT2D eigenvalue weighted by Crippen LogP contribution is 2.40. The van der Waals surface area contributed by atoms with Crippen molar-refractivity contribution in [1.29, 1.82) is 0 Å². The third kappa shape index (κ3) is 2.17. The molecule has 17 heavy (non-hydrogen) atoms. The van der Waals surface area contributed by atoms with E-state index in [0.717, 1.165) is 16.7 Å². The van der Waals surface area contributed by atoms with E-state index in [1.165, 1.54) is 0 Å². The molecule has 0 radical (unpaired) electrons. The van der Waals surface area contributed by atoms with E-state index in [-0.39, 0.29) is 0 Å². The zero-order valence-corrected chi connectivity index (χ0v) is 10.4. The van der Waals surface area contributed by atoms with Crippen molar-refractivity contribution < 1.29 is 14.3 Å². The zero-order chi connectivity index (χ0) is 12.3. The first kappa shape index (κ1) is 11.7. The summed E-state index contributed by atoms with van der Waals surface area (Å²) in [6, 6.07) is 7.42. The lowest BCUT2D eigenvalue weighted by molar-refractivity contribution is 0.112. The minimum Gasteiger partial charge on any atom is -0.493 e. The fourth-order valence-electron chi connectivity index (χ4n) is 1.67. The van der Waals surface area contributed by atoms with E-state index in [9.17, 15) is 4.79 Å². The molecule has 0 amide bonds. The monoisotopic (exact) mass is 248 g/mol. The Morgan fingerprint density at radius 2 is 2.06 bits per heavy atom. The molecule has 0 aliphatic carbocycles. The molecule has 88 valence electrons. The Kier molecular flexibility index (Phi) is 3.44. The van der Waals surface area contributed by atoms with E-state index < -0.39 is 0 Å². The predicted molar refractivity (Wildman–Crippen MR) is 68.2 cm³/mol. The second kappa shape index (κ2) is 5.01. The lowest BCUT2D eigenvalue weighted by Gasteiger charge is -2.12. The van der Waals surface area contributed by atoms with Gasteiger partial charge in [-0.05, 0) is 23.6 Å². The summed E-state index contributed by atoms with van der Waals surface area (Å²) in [5.74, 6) is 1.22. The lowest BCUT2D eigenvalue weighted by atomic mass is 10.1. The number of hydrogen-bond donors (Lipinski definition) is 0. The van der Waals surface area contributed by atoms with Crippen LogP contribution >= 0.6 is 11.3 Å². The van der Waals surface area contributed by atoms with Crippen LogP contribution in [0.1, 0.15) is 10.4 Å². The molecule has 0 aliphatic heterocycles. The van der Waals surface area contributed by atoms with Crippen LogP contribution in [0.5, 0.6) is 11.5 Å². The van der Waals surface area contributed by atoms with Gasteiger partial charge >= 0.3 is 0 Å². The van der Waals surface area contributed by atoms with Gasteiger partial charge < -0.3 is 9.47 Å². The Labute approximate surface area is 104 Å². The van der Waals surface area contributed by atoms with E-state index in [1.54, 1.807) is 37.7 Å². The summed E-state index contributed by atoms with van der Waals surface area (Å²) in [7, 11) is 3.15. The van der Waals surface area contributed by atoms with Gasteiger partial charge in [-0.3, -0.25) is 4.79 Å². The third-order valence-corrected chi connectivity index (χ3v) is 3.33. The molecule has 0 aliphatic rings. The molecule has 4 heteroatoms.